The lowest BCUT2D eigenvalue weighted by Crippen LogP contribution is -2.51. The van der Waals surface area contributed by atoms with Crippen molar-refractivity contribution in [1.29, 1.82) is 0 Å². The molecule has 28 heavy (non-hydrogen) atoms. The molecule has 3 rings (SSSR count). The summed E-state index contributed by atoms with van der Waals surface area (Å²) in [5.74, 6) is 8.27. The largest absolute Gasteiger partial charge is 0.392 e. The smallest absolute Gasteiger partial charge is 0.120 e. The van der Waals surface area contributed by atoms with Gasteiger partial charge in [0.05, 0.1) is 17.6 Å². The van der Waals surface area contributed by atoms with E-state index in [-0.39, 0.29) is 12.0 Å². The van der Waals surface area contributed by atoms with Gasteiger partial charge in [-0.2, -0.15) is 0 Å². The van der Waals surface area contributed by atoms with Crippen LogP contribution in [0.3, 0.4) is 0 Å². The molecule has 3 nitrogen and oxygen atoms in total. The third kappa shape index (κ3) is 4.89. The number of fused-ring (bicyclic) bond motifs is 1. The Hall–Kier alpha value is -1.11. The van der Waals surface area contributed by atoms with E-state index < -0.39 is 5.60 Å². The van der Waals surface area contributed by atoms with E-state index in [1.807, 2.05) is 0 Å². The molecule has 0 aromatic heterocycles. The van der Waals surface area contributed by atoms with Crippen molar-refractivity contribution in [2.45, 2.75) is 102 Å². The molecular weight excluding hydrogens is 348 g/mol. The van der Waals surface area contributed by atoms with Gasteiger partial charge in [-0.15, -0.1) is 0 Å². The third-order valence-corrected chi connectivity index (χ3v) is 7.39. The minimum Gasteiger partial charge on any atom is -0.392 e. The summed E-state index contributed by atoms with van der Waals surface area (Å²) >= 11 is 0. The molecule has 2 N–H and O–H groups in total. The molecule has 3 aliphatic carbocycles. The van der Waals surface area contributed by atoms with Gasteiger partial charge in [0.1, 0.15) is 6.29 Å². The summed E-state index contributed by atoms with van der Waals surface area (Å²) in [7, 11) is 0. The highest BCUT2D eigenvalue weighted by Gasteiger charge is 2.52. The molecule has 0 radical (unpaired) electrons. The zero-order chi connectivity index (χ0) is 20.0. The fourth-order valence-corrected chi connectivity index (χ4v) is 5.84. The van der Waals surface area contributed by atoms with E-state index in [1.165, 1.54) is 31.3 Å². The van der Waals surface area contributed by atoms with Crippen molar-refractivity contribution < 1.29 is 15.0 Å². The number of rotatable bonds is 7. The molecule has 0 heterocycles. The molecule has 0 bridgehead atoms. The Morgan fingerprint density at radius 3 is 2.68 bits per heavy atom. The van der Waals surface area contributed by atoms with Crippen LogP contribution in [0.1, 0.15) is 90.4 Å². The van der Waals surface area contributed by atoms with Crippen molar-refractivity contribution in [3.63, 3.8) is 0 Å². The van der Waals surface area contributed by atoms with Gasteiger partial charge in [-0.3, -0.25) is 0 Å². The van der Waals surface area contributed by atoms with Crippen molar-refractivity contribution in [3.05, 3.63) is 11.6 Å². The Balaban J connectivity index is 1.71. The first-order valence-corrected chi connectivity index (χ1v) is 11.6. The van der Waals surface area contributed by atoms with E-state index in [4.69, 9.17) is 0 Å². The molecule has 3 saturated carbocycles. The first-order valence-electron chi connectivity index (χ1n) is 11.6. The molecule has 0 aromatic rings. The standard InChI is InChI=1S/C25H38O3/c1-2-3-10-20-19(11-5-8-18-26)21-13-14-23(27)22(24(20)21)12-9-17-25(28)15-6-4-7-16-25/h11,18,20-24,27-28H,2-8,10,13-17H2,1H3/b19-11-. The van der Waals surface area contributed by atoms with Crippen LogP contribution in [0, 0.1) is 35.5 Å². The van der Waals surface area contributed by atoms with E-state index in [0.717, 1.165) is 51.2 Å². The maximum atomic E-state index is 10.7. The quantitative estimate of drug-likeness (QED) is 0.286. The van der Waals surface area contributed by atoms with Crippen molar-refractivity contribution in [2.75, 3.05) is 0 Å². The molecule has 3 heteroatoms. The van der Waals surface area contributed by atoms with Crippen molar-refractivity contribution in [2.24, 2.45) is 23.7 Å². The lowest BCUT2D eigenvalue weighted by atomic mass is 9.50. The van der Waals surface area contributed by atoms with Crippen LogP contribution in [0.2, 0.25) is 0 Å². The molecular formula is C25H38O3. The number of carbonyl (C=O) groups is 1. The van der Waals surface area contributed by atoms with Crippen LogP contribution < -0.4 is 0 Å². The van der Waals surface area contributed by atoms with E-state index in [9.17, 15) is 15.0 Å². The van der Waals surface area contributed by atoms with E-state index in [2.05, 4.69) is 24.8 Å². The summed E-state index contributed by atoms with van der Waals surface area (Å²) in [6.07, 6.45) is 15.5. The fourth-order valence-electron chi connectivity index (χ4n) is 5.84. The molecule has 5 unspecified atom stereocenters. The monoisotopic (exact) mass is 386 g/mol. The Morgan fingerprint density at radius 1 is 1.18 bits per heavy atom. The Bertz CT molecular complexity index is 605. The average Bonchev–Trinajstić information content (AvgIpc) is 2.68. The summed E-state index contributed by atoms with van der Waals surface area (Å²) < 4.78 is 0. The number of unbranched alkanes of at least 4 members (excludes halogenated alkanes) is 2. The Kier molecular flexibility index (Phi) is 7.77. The predicted octanol–water partition coefficient (Wildman–Crippen LogP) is 4.80. The molecule has 0 aromatic carbocycles. The van der Waals surface area contributed by atoms with Gasteiger partial charge < -0.3 is 15.0 Å². The second-order valence-electron chi connectivity index (χ2n) is 9.33. The summed E-state index contributed by atoms with van der Waals surface area (Å²) in [6, 6.07) is 0. The summed E-state index contributed by atoms with van der Waals surface area (Å²) in [5.41, 5.74) is 0.927. The highest BCUT2D eigenvalue weighted by molar-refractivity contribution is 5.49. The van der Waals surface area contributed by atoms with Crippen LogP contribution in [-0.4, -0.2) is 28.2 Å². The zero-order valence-corrected chi connectivity index (χ0v) is 17.5. The van der Waals surface area contributed by atoms with Crippen LogP contribution in [0.15, 0.2) is 11.6 Å². The van der Waals surface area contributed by atoms with Gasteiger partial charge in [-0.05, 0) is 56.3 Å². The lowest BCUT2D eigenvalue weighted by molar-refractivity contribution is -0.107. The van der Waals surface area contributed by atoms with E-state index >= 15 is 0 Å². The van der Waals surface area contributed by atoms with Crippen molar-refractivity contribution >= 4 is 6.29 Å². The van der Waals surface area contributed by atoms with Crippen LogP contribution in [0.25, 0.3) is 0 Å². The first-order chi connectivity index (χ1) is 13.6. The number of hydrogen-bond donors (Lipinski definition) is 2. The maximum Gasteiger partial charge on any atom is 0.120 e. The maximum absolute atomic E-state index is 10.7. The Labute approximate surface area is 171 Å². The number of carbonyl (C=O) groups excluding carboxylic acids is 1. The first kappa shape index (κ1) is 21.6. The summed E-state index contributed by atoms with van der Waals surface area (Å²) in [5, 5.41) is 21.4. The van der Waals surface area contributed by atoms with Gasteiger partial charge in [0.25, 0.3) is 0 Å². The van der Waals surface area contributed by atoms with Crippen molar-refractivity contribution in [3.8, 4) is 11.8 Å². The molecule has 3 fully saturated rings. The number of allylic oxidation sites excluding steroid dienone is 2. The van der Waals surface area contributed by atoms with Gasteiger partial charge in [0.15, 0.2) is 0 Å². The van der Waals surface area contributed by atoms with Gasteiger partial charge in [-0.25, -0.2) is 0 Å². The Morgan fingerprint density at radius 2 is 1.96 bits per heavy atom. The average molecular weight is 387 g/mol. The van der Waals surface area contributed by atoms with Gasteiger partial charge in [0, 0.05) is 12.8 Å². The second-order valence-corrected chi connectivity index (χ2v) is 9.33. The summed E-state index contributed by atoms with van der Waals surface area (Å²) in [6.45, 7) is 2.23. The number of hydrogen-bond acceptors (Lipinski definition) is 3. The zero-order valence-electron chi connectivity index (χ0n) is 17.5. The highest BCUT2D eigenvalue weighted by Crippen LogP contribution is 2.57. The fraction of sp³-hybridized carbons (Fsp3) is 0.800. The molecule has 0 aliphatic heterocycles. The third-order valence-electron chi connectivity index (χ3n) is 7.39. The minimum absolute atomic E-state index is 0.0380. The van der Waals surface area contributed by atoms with Crippen LogP contribution >= 0.6 is 0 Å². The minimum atomic E-state index is -0.606. The molecule has 3 aliphatic rings. The van der Waals surface area contributed by atoms with E-state index in [1.54, 1.807) is 0 Å². The number of aldehydes is 1. The number of aliphatic hydroxyl groups excluding tert-OH is 1. The topological polar surface area (TPSA) is 57.5 Å². The second kappa shape index (κ2) is 10.1. The van der Waals surface area contributed by atoms with Crippen LogP contribution in [-0.2, 0) is 4.79 Å². The van der Waals surface area contributed by atoms with Crippen LogP contribution in [0.5, 0.6) is 0 Å². The van der Waals surface area contributed by atoms with Gasteiger partial charge in [-0.1, -0.05) is 62.5 Å². The predicted molar refractivity (Wildman–Crippen MR) is 113 cm³/mol. The molecule has 0 spiro atoms. The van der Waals surface area contributed by atoms with E-state index in [0.29, 0.717) is 30.6 Å². The lowest BCUT2D eigenvalue weighted by Gasteiger charge is -2.55. The number of aliphatic hydroxyl groups is 2. The SMILES string of the molecule is CCCCC1/C(=C/CCC=O)C2CCC(O)C(C#CCC3(O)CCCCC3)C12. The molecule has 156 valence electrons. The van der Waals surface area contributed by atoms with Gasteiger partial charge in [0.2, 0.25) is 0 Å². The molecule has 0 saturated heterocycles. The molecule has 0 amide bonds. The summed E-state index contributed by atoms with van der Waals surface area (Å²) in [4.78, 5) is 10.7. The highest BCUT2D eigenvalue weighted by atomic mass is 16.3. The van der Waals surface area contributed by atoms with Crippen molar-refractivity contribution in [1.82, 2.24) is 0 Å². The molecule has 5 atom stereocenters. The van der Waals surface area contributed by atoms with Gasteiger partial charge >= 0.3 is 0 Å². The normalized spacial score (nSPS) is 35.4. The van der Waals surface area contributed by atoms with Crippen LogP contribution in [0.4, 0.5) is 0 Å².